The second-order valence-electron chi connectivity index (χ2n) is 3.25. The summed E-state index contributed by atoms with van der Waals surface area (Å²) in [5.74, 6) is 0.0843. The highest BCUT2D eigenvalue weighted by Crippen LogP contribution is 2.02. The van der Waals surface area contributed by atoms with Gasteiger partial charge in [-0.3, -0.25) is 4.99 Å². The molecule has 1 nitrogen and oxygen atoms in total. The van der Waals surface area contributed by atoms with Crippen molar-refractivity contribution in [2.45, 2.75) is 34.1 Å². The van der Waals surface area contributed by atoms with Gasteiger partial charge >= 0.3 is 0 Å². The zero-order chi connectivity index (χ0) is 10.3. The molecule has 0 spiro atoms. The highest BCUT2D eigenvalue weighted by molar-refractivity contribution is 5.84. The van der Waals surface area contributed by atoms with E-state index in [0.29, 0.717) is 5.92 Å². The van der Waals surface area contributed by atoms with Crippen molar-refractivity contribution < 1.29 is 4.39 Å². The average Bonchev–Trinajstić information content (AvgIpc) is 2.10. The van der Waals surface area contributed by atoms with Crippen LogP contribution in [0.25, 0.3) is 0 Å². The Kier molecular flexibility index (Phi) is 6.11. The predicted molar refractivity (Wildman–Crippen MR) is 56.6 cm³/mol. The molecule has 0 heterocycles. The molecule has 0 amide bonds. The van der Waals surface area contributed by atoms with Gasteiger partial charge in [-0.25, -0.2) is 4.39 Å². The molecule has 13 heavy (non-hydrogen) atoms. The maximum atomic E-state index is 12.9. The van der Waals surface area contributed by atoms with Crippen molar-refractivity contribution in [3.8, 4) is 0 Å². The first-order chi connectivity index (χ1) is 6.07. The molecule has 0 aromatic rings. The van der Waals surface area contributed by atoms with Crippen molar-refractivity contribution in [2.24, 2.45) is 10.9 Å². The Bertz CT molecular complexity index is 224. The molecule has 0 rings (SSSR count). The van der Waals surface area contributed by atoms with Crippen molar-refractivity contribution in [3.63, 3.8) is 0 Å². The van der Waals surface area contributed by atoms with Crippen LogP contribution in [0.4, 0.5) is 4.39 Å². The fraction of sp³-hybridized carbons (Fsp3) is 0.545. The van der Waals surface area contributed by atoms with Crippen LogP contribution in [0, 0.1) is 5.92 Å². The zero-order valence-corrected chi connectivity index (χ0v) is 8.84. The van der Waals surface area contributed by atoms with Gasteiger partial charge in [0.2, 0.25) is 0 Å². The van der Waals surface area contributed by atoms with Gasteiger partial charge in [0.25, 0.3) is 0 Å². The lowest BCUT2D eigenvalue weighted by atomic mass is 10.1. The minimum Gasteiger partial charge on any atom is -0.263 e. The highest BCUT2D eigenvalue weighted by atomic mass is 19.1. The van der Waals surface area contributed by atoms with E-state index in [0.717, 1.165) is 12.1 Å². The molecule has 0 aliphatic heterocycles. The van der Waals surface area contributed by atoms with Crippen LogP contribution in [0.1, 0.15) is 34.1 Å². The summed E-state index contributed by atoms with van der Waals surface area (Å²) < 4.78 is 12.9. The lowest BCUT2D eigenvalue weighted by Gasteiger charge is -2.00. The molecule has 0 radical (unpaired) electrons. The molecule has 0 fully saturated rings. The number of rotatable bonds is 4. The van der Waals surface area contributed by atoms with Gasteiger partial charge in [-0.05, 0) is 25.3 Å². The standard InChI is InChI=1S/C11H18FN/c1-5-6-7-11(12)8-13-10(4)9(2)3/h6-9H,5H2,1-4H3/b7-6+,11-8+,13-10+. The first-order valence-corrected chi connectivity index (χ1v) is 4.64. The van der Waals surface area contributed by atoms with E-state index >= 15 is 0 Å². The summed E-state index contributed by atoms with van der Waals surface area (Å²) in [4.78, 5) is 4.00. The maximum Gasteiger partial charge on any atom is 0.141 e. The summed E-state index contributed by atoms with van der Waals surface area (Å²) in [6, 6.07) is 0. The summed E-state index contributed by atoms with van der Waals surface area (Å²) in [6.07, 6.45) is 5.32. The molecule has 0 N–H and O–H groups in total. The minimum atomic E-state index is -0.290. The van der Waals surface area contributed by atoms with Gasteiger partial charge in [0.15, 0.2) is 0 Å². The van der Waals surface area contributed by atoms with Crippen LogP contribution >= 0.6 is 0 Å². The van der Waals surface area contributed by atoms with Gasteiger partial charge in [0.1, 0.15) is 5.83 Å². The largest absolute Gasteiger partial charge is 0.263 e. The number of halogens is 1. The van der Waals surface area contributed by atoms with Crippen molar-refractivity contribution in [1.29, 1.82) is 0 Å². The Balaban J connectivity index is 4.24. The Hall–Kier alpha value is -0.920. The van der Waals surface area contributed by atoms with Crippen LogP contribution < -0.4 is 0 Å². The number of allylic oxidation sites excluding steroid dienone is 3. The fourth-order valence-electron chi connectivity index (χ4n) is 0.586. The normalized spacial score (nSPS) is 14.6. The van der Waals surface area contributed by atoms with E-state index in [1.54, 1.807) is 6.08 Å². The van der Waals surface area contributed by atoms with Gasteiger partial charge < -0.3 is 0 Å². The van der Waals surface area contributed by atoms with E-state index in [1.807, 2.05) is 27.7 Å². The number of nitrogens with zero attached hydrogens (tertiary/aromatic N) is 1. The fourth-order valence-corrected chi connectivity index (χ4v) is 0.586. The molecule has 0 bridgehead atoms. The van der Waals surface area contributed by atoms with Gasteiger partial charge in [-0.2, -0.15) is 0 Å². The van der Waals surface area contributed by atoms with Crippen LogP contribution in [0.3, 0.4) is 0 Å². The summed E-state index contributed by atoms with van der Waals surface area (Å²) in [7, 11) is 0. The summed E-state index contributed by atoms with van der Waals surface area (Å²) >= 11 is 0. The molecule has 2 heteroatoms. The van der Waals surface area contributed by atoms with Gasteiger partial charge in [0.05, 0.1) is 6.20 Å². The topological polar surface area (TPSA) is 12.4 Å². The Morgan fingerprint density at radius 1 is 1.46 bits per heavy atom. The van der Waals surface area contributed by atoms with E-state index in [4.69, 9.17) is 0 Å². The van der Waals surface area contributed by atoms with E-state index in [-0.39, 0.29) is 5.83 Å². The summed E-state index contributed by atoms with van der Waals surface area (Å²) in [5, 5.41) is 0. The summed E-state index contributed by atoms with van der Waals surface area (Å²) in [6.45, 7) is 7.93. The minimum absolute atomic E-state index is 0.290. The van der Waals surface area contributed by atoms with Crippen LogP contribution in [-0.2, 0) is 0 Å². The molecule has 0 unspecified atom stereocenters. The Morgan fingerprint density at radius 2 is 2.08 bits per heavy atom. The number of hydrogen-bond donors (Lipinski definition) is 0. The van der Waals surface area contributed by atoms with E-state index < -0.39 is 0 Å². The summed E-state index contributed by atoms with van der Waals surface area (Å²) in [5.41, 5.74) is 0.944. The zero-order valence-electron chi connectivity index (χ0n) is 8.84. The smallest absolute Gasteiger partial charge is 0.141 e. The second kappa shape index (κ2) is 6.58. The lowest BCUT2D eigenvalue weighted by molar-refractivity contribution is 0.662. The van der Waals surface area contributed by atoms with Gasteiger partial charge in [0, 0.05) is 5.71 Å². The SMILES string of the molecule is CC/C=C/C(F)=C\N=C(/C)C(C)C. The predicted octanol–water partition coefficient (Wildman–Crippen LogP) is 3.88. The molecular weight excluding hydrogens is 165 g/mol. The molecule has 0 aliphatic rings. The molecular formula is C11H18FN. The second-order valence-corrected chi connectivity index (χ2v) is 3.25. The number of hydrogen-bond acceptors (Lipinski definition) is 1. The first-order valence-electron chi connectivity index (χ1n) is 4.64. The maximum absolute atomic E-state index is 12.9. The molecule has 0 saturated carbocycles. The lowest BCUT2D eigenvalue weighted by Crippen LogP contribution is -2.00. The number of aliphatic imine (C=N–C) groups is 1. The van der Waals surface area contributed by atoms with Crippen molar-refractivity contribution in [3.05, 3.63) is 24.2 Å². The third-order valence-electron chi connectivity index (χ3n) is 1.74. The highest BCUT2D eigenvalue weighted by Gasteiger charge is 1.95. The van der Waals surface area contributed by atoms with Crippen LogP contribution in [0.2, 0.25) is 0 Å². The van der Waals surface area contributed by atoms with Crippen LogP contribution in [-0.4, -0.2) is 5.71 Å². The third kappa shape index (κ3) is 6.26. The van der Waals surface area contributed by atoms with Crippen molar-refractivity contribution in [2.75, 3.05) is 0 Å². The quantitative estimate of drug-likeness (QED) is 0.463. The van der Waals surface area contributed by atoms with Crippen LogP contribution in [0.5, 0.6) is 0 Å². The molecule has 74 valence electrons. The molecule has 0 saturated heterocycles. The van der Waals surface area contributed by atoms with Gasteiger partial charge in [-0.15, -0.1) is 0 Å². The van der Waals surface area contributed by atoms with Gasteiger partial charge in [-0.1, -0.05) is 26.8 Å². The monoisotopic (exact) mass is 183 g/mol. The first kappa shape index (κ1) is 12.1. The average molecular weight is 183 g/mol. The Morgan fingerprint density at radius 3 is 2.54 bits per heavy atom. The molecule has 0 atom stereocenters. The van der Waals surface area contributed by atoms with E-state index in [9.17, 15) is 4.39 Å². The molecule has 0 aromatic carbocycles. The Labute approximate surface area is 80.1 Å². The van der Waals surface area contributed by atoms with Crippen LogP contribution in [0.15, 0.2) is 29.2 Å². The van der Waals surface area contributed by atoms with E-state index in [2.05, 4.69) is 4.99 Å². The van der Waals surface area contributed by atoms with E-state index in [1.165, 1.54) is 12.3 Å². The van der Waals surface area contributed by atoms with Crippen molar-refractivity contribution >= 4 is 5.71 Å². The molecule has 0 aromatic heterocycles. The molecule has 0 aliphatic carbocycles. The third-order valence-corrected chi connectivity index (χ3v) is 1.74. The van der Waals surface area contributed by atoms with Crippen molar-refractivity contribution in [1.82, 2.24) is 0 Å².